The maximum Gasteiger partial charge on any atom is 0.247 e. The molecule has 0 aromatic heterocycles. The van der Waals surface area contributed by atoms with Gasteiger partial charge in [-0.25, -0.2) is 12.8 Å². The van der Waals surface area contributed by atoms with E-state index in [2.05, 4.69) is 0 Å². The molecule has 2 aromatic carbocycles. The molecule has 0 spiro atoms. The molecular formula is C25H31FN2O5S. The third-order valence-electron chi connectivity index (χ3n) is 6.58. The fourth-order valence-electron chi connectivity index (χ4n) is 4.29. The number of rotatable bonds is 6. The number of hydrogen-bond donors (Lipinski definition) is 1. The molecule has 1 aliphatic heterocycles. The van der Waals surface area contributed by atoms with Gasteiger partial charge in [-0.3, -0.25) is 4.79 Å². The number of hydrogen-bond acceptors (Lipinski definition) is 5. The number of likely N-dealkylation sites (N-methyl/N-ethyl adjacent to an activating group) is 1. The van der Waals surface area contributed by atoms with E-state index in [1.54, 1.807) is 43.1 Å². The topological polar surface area (TPSA) is 87.2 Å². The van der Waals surface area contributed by atoms with E-state index >= 15 is 0 Å². The summed E-state index contributed by atoms with van der Waals surface area (Å²) in [5.41, 5.74) is 1.21. The molecule has 4 rings (SSSR count). The fourth-order valence-corrected chi connectivity index (χ4v) is 6.12. The first-order chi connectivity index (χ1) is 16.1. The van der Waals surface area contributed by atoms with Gasteiger partial charge in [0.15, 0.2) is 0 Å². The molecule has 1 amide bonds. The van der Waals surface area contributed by atoms with E-state index in [9.17, 15) is 22.7 Å². The number of carbonyl (C=O) groups excluding carboxylic acids is 1. The van der Waals surface area contributed by atoms with Gasteiger partial charge in [0.1, 0.15) is 22.6 Å². The minimum atomic E-state index is -3.97. The number of aliphatic hydroxyl groups excluding tert-OH is 1. The lowest BCUT2D eigenvalue weighted by molar-refractivity contribution is -0.132. The van der Waals surface area contributed by atoms with Crippen LogP contribution >= 0.6 is 0 Å². The van der Waals surface area contributed by atoms with Crippen LogP contribution in [0.15, 0.2) is 47.4 Å². The number of carbonyl (C=O) groups is 1. The first-order valence-corrected chi connectivity index (χ1v) is 13.0. The molecule has 0 unspecified atom stereocenters. The Hall–Kier alpha value is -2.49. The third-order valence-corrected chi connectivity index (χ3v) is 8.60. The van der Waals surface area contributed by atoms with Crippen LogP contribution in [0.1, 0.15) is 26.7 Å². The molecule has 184 valence electrons. The van der Waals surface area contributed by atoms with Crippen molar-refractivity contribution in [3.05, 3.63) is 48.3 Å². The average molecular weight is 491 g/mol. The predicted octanol–water partition coefficient (Wildman–Crippen LogP) is 3.13. The normalized spacial score (nSPS) is 23.2. The zero-order chi connectivity index (χ0) is 24.6. The Labute approximate surface area is 200 Å². The maximum atomic E-state index is 13.8. The molecule has 0 saturated heterocycles. The van der Waals surface area contributed by atoms with Crippen molar-refractivity contribution < 1.29 is 27.4 Å². The lowest BCUT2D eigenvalue weighted by Gasteiger charge is -2.37. The molecule has 0 radical (unpaired) electrons. The molecule has 1 saturated carbocycles. The summed E-state index contributed by atoms with van der Waals surface area (Å²) in [6.07, 6.45) is 1.31. The Bertz CT molecular complexity index is 1170. The molecule has 9 heteroatoms. The molecule has 1 heterocycles. The van der Waals surface area contributed by atoms with Crippen molar-refractivity contribution >= 4 is 15.9 Å². The highest BCUT2D eigenvalue weighted by Gasteiger charge is 2.39. The average Bonchev–Trinajstić information content (AvgIpc) is 3.65. The van der Waals surface area contributed by atoms with E-state index in [0.717, 1.165) is 12.8 Å². The van der Waals surface area contributed by atoms with Crippen LogP contribution in [-0.4, -0.2) is 67.5 Å². The van der Waals surface area contributed by atoms with Crippen molar-refractivity contribution in [2.24, 2.45) is 11.8 Å². The van der Waals surface area contributed by atoms with Gasteiger partial charge in [0.2, 0.25) is 15.9 Å². The van der Waals surface area contributed by atoms with Crippen LogP contribution in [0.2, 0.25) is 0 Å². The second-order valence-electron chi connectivity index (χ2n) is 9.40. The number of aliphatic hydroxyl groups is 1. The summed E-state index contributed by atoms with van der Waals surface area (Å²) >= 11 is 0. The van der Waals surface area contributed by atoms with Crippen LogP contribution in [-0.2, 0) is 14.8 Å². The molecule has 0 bridgehead atoms. The van der Waals surface area contributed by atoms with Crippen molar-refractivity contribution in [3.8, 4) is 16.9 Å². The zero-order valence-electron chi connectivity index (χ0n) is 19.6. The number of nitrogens with zero attached hydrogens (tertiary/aromatic N) is 2. The summed E-state index contributed by atoms with van der Waals surface area (Å²) in [4.78, 5) is 14.2. The first kappa shape index (κ1) is 24.6. The molecule has 1 aliphatic carbocycles. The highest BCUT2D eigenvalue weighted by Crippen LogP contribution is 2.37. The van der Waals surface area contributed by atoms with Crippen LogP contribution in [0.25, 0.3) is 11.1 Å². The van der Waals surface area contributed by atoms with Gasteiger partial charge < -0.3 is 14.7 Å². The van der Waals surface area contributed by atoms with Crippen LogP contribution in [0.3, 0.4) is 0 Å². The Morgan fingerprint density at radius 3 is 2.59 bits per heavy atom. The number of ether oxygens (including phenoxy) is 1. The van der Waals surface area contributed by atoms with Gasteiger partial charge in [-0.15, -0.1) is 0 Å². The van der Waals surface area contributed by atoms with E-state index in [0.29, 0.717) is 17.7 Å². The third kappa shape index (κ3) is 4.96. The largest absolute Gasteiger partial charge is 0.487 e. The second-order valence-corrected chi connectivity index (χ2v) is 11.3. The van der Waals surface area contributed by atoms with Gasteiger partial charge in [0.25, 0.3) is 0 Å². The molecule has 2 aliphatic rings. The molecule has 1 fully saturated rings. The van der Waals surface area contributed by atoms with E-state index in [-0.39, 0.29) is 41.5 Å². The van der Waals surface area contributed by atoms with Crippen molar-refractivity contribution in [2.75, 3.05) is 26.7 Å². The number of fused-ring (bicyclic) bond motifs is 1. The SMILES string of the molecule is C[C@H](CO)N1C[C@H](C)[C@H](CN(C)C(=O)C2CC2)Oc2cc(-c3cccc(F)c3)ccc2S1(=O)=O. The van der Waals surface area contributed by atoms with Crippen LogP contribution in [0.4, 0.5) is 4.39 Å². The summed E-state index contributed by atoms with van der Waals surface area (Å²) in [7, 11) is -2.23. The van der Waals surface area contributed by atoms with Crippen molar-refractivity contribution in [1.82, 2.24) is 9.21 Å². The molecule has 7 nitrogen and oxygen atoms in total. The Morgan fingerprint density at radius 1 is 1.24 bits per heavy atom. The quantitative estimate of drug-likeness (QED) is 0.672. The maximum absolute atomic E-state index is 13.8. The molecule has 34 heavy (non-hydrogen) atoms. The summed E-state index contributed by atoms with van der Waals surface area (Å²) in [5.74, 6) is -0.371. The Kier molecular flexibility index (Phi) is 6.98. The van der Waals surface area contributed by atoms with Gasteiger partial charge >= 0.3 is 0 Å². The molecular weight excluding hydrogens is 459 g/mol. The highest BCUT2D eigenvalue weighted by atomic mass is 32.2. The lowest BCUT2D eigenvalue weighted by atomic mass is 10.0. The van der Waals surface area contributed by atoms with Crippen molar-refractivity contribution in [3.63, 3.8) is 0 Å². The smallest absolute Gasteiger partial charge is 0.247 e. The highest BCUT2D eigenvalue weighted by molar-refractivity contribution is 7.89. The van der Waals surface area contributed by atoms with Gasteiger partial charge in [-0.1, -0.05) is 25.1 Å². The molecule has 3 atom stereocenters. The predicted molar refractivity (Wildman–Crippen MR) is 126 cm³/mol. The standard InChI is InChI=1S/C25H31FN2O5S/c1-16-13-28(17(2)15-29)34(31,32)24-10-9-20(19-5-4-6-21(26)11-19)12-22(24)33-23(16)14-27(3)25(30)18-7-8-18/h4-6,9-12,16-18,23,29H,7-8,13-15H2,1-3H3/t16-,17+,23-/m0/s1. The van der Waals surface area contributed by atoms with Gasteiger partial charge in [0.05, 0.1) is 13.2 Å². The summed E-state index contributed by atoms with van der Waals surface area (Å²) < 4.78 is 48.6. The minimum Gasteiger partial charge on any atom is -0.487 e. The number of amides is 1. The van der Waals surface area contributed by atoms with Crippen LogP contribution in [0.5, 0.6) is 5.75 Å². The van der Waals surface area contributed by atoms with Crippen LogP contribution < -0.4 is 4.74 Å². The summed E-state index contributed by atoms with van der Waals surface area (Å²) in [6.45, 7) is 3.67. The van der Waals surface area contributed by atoms with Crippen molar-refractivity contribution in [2.45, 2.75) is 43.7 Å². The van der Waals surface area contributed by atoms with Gasteiger partial charge in [-0.2, -0.15) is 4.31 Å². The van der Waals surface area contributed by atoms with E-state index in [4.69, 9.17) is 4.74 Å². The zero-order valence-corrected chi connectivity index (χ0v) is 20.5. The summed E-state index contributed by atoms with van der Waals surface area (Å²) in [5, 5.41) is 9.76. The monoisotopic (exact) mass is 490 g/mol. The van der Waals surface area contributed by atoms with E-state index in [1.165, 1.54) is 22.5 Å². The Balaban J connectivity index is 1.77. The Morgan fingerprint density at radius 2 is 1.94 bits per heavy atom. The molecule has 1 N–H and O–H groups in total. The van der Waals surface area contributed by atoms with Gasteiger partial charge in [-0.05, 0) is 55.2 Å². The molecule has 2 aromatic rings. The number of halogens is 1. The second kappa shape index (κ2) is 9.64. The minimum absolute atomic E-state index is 0.0129. The van der Waals surface area contributed by atoms with Crippen molar-refractivity contribution in [1.29, 1.82) is 0 Å². The number of sulfonamides is 1. The summed E-state index contributed by atoms with van der Waals surface area (Å²) in [6, 6.07) is 10.1. The van der Waals surface area contributed by atoms with E-state index < -0.39 is 28.0 Å². The fraction of sp³-hybridized carbons (Fsp3) is 0.480. The van der Waals surface area contributed by atoms with E-state index in [1.807, 2.05) is 6.92 Å². The van der Waals surface area contributed by atoms with Crippen LogP contribution in [0, 0.1) is 17.7 Å². The first-order valence-electron chi connectivity index (χ1n) is 11.6. The van der Waals surface area contributed by atoms with Gasteiger partial charge in [0, 0.05) is 31.5 Å². The number of benzene rings is 2. The lowest BCUT2D eigenvalue weighted by Crippen LogP contribution is -2.50.